The summed E-state index contributed by atoms with van der Waals surface area (Å²) in [5.41, 5.74) is 3.35. The van der Waals surface area contributed by atoms with E-state index >= 15 is 0 Å². The van der Waals surface area contributed by atoms with Gasteiger partial charge in [0.2, 0.25) is 5.91 Å². The van der Waals surface area contributed by atoms with E-state index in [9.17, 15) is 18.0 Å². The highest BCUT2D eigenvalue weighted by Crippen LogP contribution is 2.41. The number of piperidine rings is 1. The first-order chi connectivity index (χ1) is 16.7. The molecule has 2 N–H and O–H groups in total. The van der Waals surface area contributed by atoms with Gasteiger partial charge in [-0.15, -0.1) is 11.6 Å². The van der Waals surface area contributed by atoms with Gasteiger partial charge in [-0.05, 0) is 63.8 Å². The number of hydrogen-bond acceptors (Lipinski definition) is 6. The number of alkyl halides is 4. The Morgan fingerprint density at radius 2 is 1.89 bits per heavy atom. The fourth-order valence-corrected chi connectivity index (χ4v) is 7.67. The molecule has 7 nitrogen and oxygen atoms in total. The van der Waals surface area contributed by atoms with Crippen molar-refractivity contribution in [2.24, 2.45) is 11.8 Å². The maximum absolute atomic E-state index is 14.2. The largest absolute Gasteiger partial charge is 0.409 e. The lowest BCUT2D eigenvalue weighted by Gasteiger charge is -2.53. The fourth-order valence-electron chi connectivity index (χ4n) is 7.39. The van der Waals surface area contributed by atoms with Crippen LogP contribution in [0.2, 0.25) is 0 Å². The maximum atomic E-state index is 14.2. The Morgan fingerprint density at radius 3 is 2.57 bits per heavy atom. The third-order valence-electron chi connectivity index (χ3n) is 9.03. The van der Waals surface area contributed by atoms with Gasteiger partial charge in [-0.1, -0.05) is 0 Å². The van der Waals surface area contributed by atoms with E-state index < -0.39 is 30.0 Å². The molecule has 0 bridgehead atoms. The van der Waals surface area contributed by atoms with Crippen molar-refractivity contribution in [2.45, 2.75) is 99.8 Å². The Morgan fingerprint density at radius 1 is 1.11 bits per heavy atom. The van der Waals surface area contributed by atoms with E-state index in [2.05, 4.69) is 20.7 Å². The van der Waals surface area contributed by atoms with Gasteiger partial charge in [0.1, 0.15) is 6.04 Å². The number of fused-ring (bicyclic) bond motifs is 3. The number of hydrogen-bond donors (Lipinski definition) is 2. The van der Waals surface area contributed by atoms with E-state index in [1.54, 1.807) is 0 Å². The Hall–Kier alpha value is -0.650. The highest BCUT2D eigenvalue weighted by molar-refractivity contribution is 6.20. The average molecular weight is 522 g/mol. The van der Waals surface area contributed by atoms with Crippen LogP contribution < -0.4 is 10.7 Å². The van der Waals surface area contributed by atoms with Crippen LogP contribution in [0.4, 0.5) is 13.2 Å². The van der Waals surface area contributed by atoms with E-state index in [1.165, 1.54) is 7.05 Å². The molecule has 11 heteroatoms. The number of carbonyl (C=O) groups is 1. The summed E-state index contributed by atoms with van der Waals surface area (Å²) in [5.74, 6) is -1.45. The van der Waals surface area contributed by atoms with Crippen LogP contribution in [0.3, 0.4) is 0 Å². The third-order valence-corrected chi connectivity index (χ3v) is 9.30. The molecule has 5 aliphatic rings. The van der Waals surface area contributed by atoms with Crippen molar-refractivity contribution in [1.29, 1.82) is 0 Å². The second-order valence-corrected chi connectivity index (χ2v) is 11.6. The zero-order valence-electron chi connectivity index (χ0n) is 20.5. The molecule has 6 atom stereocenters. The number of nitrogens with one attached hydrogen (secondary N) is 2. The van der Waals surface area contributed by atoms with E-state index in [4.69, 9.17) is 16.3 Å². The second kappa shape index (κ2) is 10.6. The van der Waals surface area contributed by atoms with Crippen molar-refractivity contribution in [1.82, 2.24) is 25.6 Å². The van der Waals surface area contributed by atoms with E-state index in [1.807, 2.05) is 0 Å². The summed E-state index contributed by atoms with van der Waals surface area (Å²) in [4.78, 5) is 16.5. The van der Waals surface area contributed by atoms with Gasteiger partial charge in [0.05, 0.1) is 24.2 Å². The van der Waals surface area contributed by atoms with Gasteiger partial charge in [0, 0.05) is 44.7 Å². The lowest BCUT2D eigenvalue weighted by molar-refractivity contribution is -0.204. The normalized spacial score (nSPS) is 40.1. The van der Waals surface area contributed by atoms with Gasteiger partial charge in [-0.2, -0.15) is 13.2 Å². The standard InChI is InChI=1S/C24H39ClF3N5O2/c1-31(23(34)16-4-3-11-35-14-16)22(24(26,27)28)15-6-8-17(9-7-15)32-10-2-5-18-19(32)13-29-21-12-20(25)30-33(18)21/h15-22,29-30H,2-14H2,1H3/t15?,16?,17?,18?,19?,20?,21?,22-/m0/s1. The van der Waals surface area contributed by atoms with Crippen LogP contribution in [0, 0.1) is 11.8 Å². The number of halogens is 4. The minimum atomic E-state index is -4.44. The zero-order valence-corrected chi connectivity index (χ0v) is 21.2. The Bertz CT molecular complexity index is 747. The van der Waals surface area contributed by atoms with Crippen molar-refractivity contribution in [2.75, 3.05) is 33.4 Å². The molecule has 5 rings (SSSR count). The summed E-state index contributed by atoms with van der Waals surface area (Å²) in [5, 5.41) is 5.91. The molecule has 35 heavy (non-hydrogen) atoms. The summed E-state index contributed by atoms with van der Waals surface area (Å²) in [7, 11) is 1.34. The second-order valence-electron chi connectivity index (χ2n) is 11.1. The molecule has 4 saturated heterocycles. The van der Waals surface area contributed by atoms with Gasteiger partial charge in [-0.3, -0.25) is 15.0 Å². The molecule has 1 saturated carbocycles. The van der Waals surface area contributed by atoms with E-state index in [-0.39, 0.29) is 24.3 Å². The Labute approximate surface area is 211 Å². The molecule has 1 amide bonds. The van der Waals surface area contributed by atoms with Gasteiger partial charge in [-0.25, -0.2) is 10.4 Å². The van der Waals surface area contributed by atoms with Crippen molar-refractivity contribution in [3.05, 3.63) is 0 Å². The van der Waals surface area contributed by atoms with Crippen LogP contribution in [-0.4, -0.2) is 96.1 Å². The molecular formula is C24H39ClF3N5O2. The smallest absolute Gasteiger partial charge is 0.381 e. The van der Waals surface area contributed by atoms with E-state index in [0.29, 0.717) is 38.0 Å². The Balaban J connectivity index is 1.22. The maximum Gasteiger partial charge on any atom is 0.409 e. The molecule has 200 valence electrons. The van der Waals surface area contributed by atoms with Crippen molar-refractivity contribution in [3.8, 4) is 0 Å². The number of ether oxygens (including phenoxy) is 1. The molecule has 1 aliphatic carbocycles. The van der Waals surface area contributed by atoms with Gasteiger partial charge < -0.3 is 9.64 Å². The quantitative estimate of drug-likeness (QED) is 0.438. The van der Waals surface area contributed by atoms with Crippen LogP contribution >= 0.6 is 11.6 Å². The van der Waals surface area contributed by atoms with E-state index in [0.717, 1.165) is 56.5 Å². The summed E-state index contributed by atoms with van der Waals surface area (Å²) in [6.45, 7) is 2.69. The first-order valence-corrected chi connectivity index (χ1v) is 13.8. The molecule has 0 aromatic carbocycles. The van der Waals surface area contributed by atoms with Crippen LogP contribution in [0.25, 0.3) is 0 Å². The van der Waals surface area contributed by atoms with Crippen LogP contribution in [0.1, 0.15) is 57.8 Å². The highest BCUT2D eigenvalue weighted by atomic mass is 35.5. The highest BCUT2D eigenvalue weighted by Gasteiger charge is 2.52. The van der Waals surface area contributed by atoms with Gasteiger partial charge in [0.25, 0.3) is 0 Å². The molecular weight excluding hydrogens is 483 g/mol. The van der Waals surface area contributed by atoms with Gasteiger partial charge in [0.15, 0.2) is 0 Å². The molecule has 4 aliphatic heterocycles. The molecule has 0 aromatic heterocycles. The summed E-state index contributed by atoms with van der Waals surface area (Å²) < 4.78 is 48.1. The van der Waals surface area contributed by atoms with Crippen LogP contribution in [-0.2, 0) is 9.53 Å². The summed E-state index contributed by atoms with van der Waals surface area (Å²) in [6.07, 6.45) is 2.67. The summed E-state index contributed by atoms with van der Waals surface area (Å²) >= 11 is 6.35. The first kappa shape index (κ1) is 26.0. The number of hydrazine groups is 1. The minimum absolute atomic E-state index is 0.0590. The Kier molecular flexibility index (Phi) is 7.88. The number of carbonyl (C=O) groups excluding carboxylic acids is 1. The average Bonchev–Trinajstić information content (AvgIpc) is 3.24. The molecule has 5 fully saturated rings. The zero-order chi connectivity index (χ0) is 24.7. The van der Waals surface area contributed by atoms with Crippen molar-refractivity contribution >= 4 is 17.5 Å². The van der Waals surface area contributed by atoms with Crippen LogP contribution in [0.5, 0.6) is 0 Å². The minimum Gasteiger partial charge on any atom is -0.381 e. The van der Waals surface area contributed by atoms with Crippen molar-refractivity contribution < 1.29 is 22.7 Å². The summed E-state index contributed by atoms with van der Waals surface area (Å²) in [6, 6.07) is -0.724. The fraction of sp³-hybridized carbons (Fsp3) is 0.958. The molecule has 0 radical (unpaired) electrons. The third kappa shape index (κ3) is 5.34. The lowest BCUT2D eigenvalue weighted by Crippen LogP contribution is -2.70. The monoisotopic (exact) mass is 521 g/mol. The predicted octanol–water partition coefficient (Wildman–Crippen LogP) is 2.90. The molecule has 0 spiro atoms. The molecule has 4 heterocycles. The molecule has 5 unspecified atom stereocenters. The molecule has 0 aromatic rings. The van der Waals surface area contributed by atoms with Crippen molar-refractivity contribution in [3.63, 3.8) is 0 Å². The SMILES string of the molecule is CN(C(=O)C1CCCOC1)[C@@H](C1CCC(N2CCCC3C2CNC2CC(Cl)NN23)CC1)C(F)(F)F. The lowest BCUT2D eigenvalue weighted by atomic mass is 9.78. The van der Waals surface area contributed by atoms with Gasteiger partial charge >= 0.3 is 6.18 Å². The first-order valence-electron chi connectivity index (χ1n) is 13.3. The number of amides is 1. The number of likely N-dealkylation sites (tertiary alicyclic amines) is 1. The van der Waals surface area contributed by atoms with Crippen LogP contribution in [0.15, 0.2) is 0 Å². The topological polar surface area (TPSA) is 60.1 Å². The number of nitrogens with zero attached hydrogens (tertiary/aromatic N) is 3. The number of rotatable bonds is 4. The predicted molar refractivity (Wildman–Crippen MR) is 126 cm³/mol.